The summed E-state index contributed by atoms with van der Waals surface area (Å²) in [7, 11) is 0. The van der Waals surface area contributed by atoms with Gasteiger partial charge in [0.1, 0.15) is 0 Å². The van der Waals surface area contributed by atoms with Crippen molar-refractivity contribution in [3.05, 3.63) is 24.2 Å². The van der Waals surface area contributed by atoms with E-state index in [1.54, 1.807) is 6.07 Å². The van der Waals surface area contributed by atoms with E-state index in [0.717, 1.165) is 19.6 Å². The summed E-state index contributed by atoms with van der Waals surface area (Å²) in [5, 5.41) is 5.47. The van der Waals surface area contributed by atoms with Gasteiger partial charge in [0.05, 0.1) is 12.8 Å². The Balaban J connectivity index is 1.82. The van der Waals surface area contributed by atoms with Crippen LogP contribution >= 0.6 is 0 Å². The second kappa shape index (κ2) is 5.79. The molecular formula is C12H17N3O3. The third kappa shape index (κ3) is 2.96. The predicted octanol–water partition coefficient (Wildman–Crippen LogP) is -0.170. The Bertz CT molecular complexity index is 412. The second-order valence-electron chi connectivity index (χ2n) is 4.23. The molecule has 2 rings (SSSR count). The van der Waals surface area contributed by atoms with E-state index in [-0.39, 0.29) is 18.2 Å². The molecule has 1 fully saturated rings. The van der Waals surface area contributed by atoms with E-state index in [1.807, 2.05) is 11.8 Å². The van der Waals surface area contributed by atoms with E-state index in [0.29, 0.717) is 6.04 Å². The van der Waals surface area contributed by atoms with Gasteiger partial charge in [-0.3, -0.25) is 19.8 Å². The average molecular weight is 251 g/mol. The van der Waals surface area contributed by atoms with Crippen LogP contribution in [0.3, 0.4) is 0 Å². The lowest BCUT2D eigenvalue weighted by molar-refractivity contribution is -0.122. The fraction of sp³-hybridized carbons (Fsp3) is 0.500. The van der Waals surface area contributed by atoms with E-state index in [4.69, 9.17) is 4.42 Å². The van der Waals surface area contributed by atoms with Gasteiger partial charge in [0.25, 0.3) is 5.91 Å². The topological polar surface area (TPSA) is 74.6 Å². The molecule has 0 spiro atoms. The Morgan fingerprint density at radius 3 is 2.83 bits per heavy atom. The Morgan fingerprint density at radius 2 is 2.33 bits per heavy atom. The molecule has 1 aliphatic heterocycles. The molecule has 18 heavy (non-hydrogen) atoms. The molecule has 0 aromatic carbocycles. The van der Waals surface area contributed by atoms with Crippen molar-refractivity contribution in [1.29, 1.82) is 0 Å². The molecule has 6 heteroatoms. The third-order valence-electron chi connectivity index (χ3n) is 3.03. The first kappa shape index (κ1) is 12.8. The van der Waals surface area contributed by atoms with E-state index < -0.39 is 5.91 Å². The molecule has 2 amide bonds. The first-order chi connectivity index (χ1) is 8.70. The van der Waals surface area contributed by atoms with Gasteiger partial charge < -0.3 is 9.73 Å². The number of imide groups is 1. The SMILES string of the molecule is CCN(CC(=O)NC(=O)c1ccco1)C1CNC1. The van der Waals surface area contributed by atoms with E-state index >= 15 is 0 Å². The maximum Gasteiger partial charge on any atom is 0.293 e. The Morgan fingerprint density at radius 1 is 1.56 bits per heavy atom. The molecule has 2 heterocycles. The van der Waals surface area contributed by atoms with Gasteiger partial charge in [-0.1, -0.05) is 6.92 Å². The molecule has 0 saturated carbocycles. The monoisotopic (exact) mass is 251 g/mol. The molecule has 1 saturated heterocycles. The van der Waals surface area contributed by atoms with Crippen molar-refractivity contribution in [1.82, 2.24) is 15.5 Å². The van der Waals surface area contributed by atoms with Gasteiger partial charge in [-0.25, -0.2) is 0 Å². The zero-order valence-corrected chi connectivity index (χ0v) is 10.3. The highest BCUT2D eigenvalue weighted by molar-refractivity contribution is 6.03. The lowest BCUT2D eigenvalue weighted by atomic mass is 10.1. The Hall–Kier alpha value is -1.66. The lowest BCUT2D eigenvalue weighted by Gasteiger charge is -2.37. The van der Waals surface area contributed by atoms with Crippen LogP contribution < -0.4 is 10.6 Å². The fourth-order valence-corrected chi connectivity index (χ4v) is 1.85. The smallest absolute Gasteiger partial charge is 0.293 e. The number of hydrogen-bond donors (Lipinski definition) is 2. The molecule has 6 nitrogen and oxygen atoms in total. The van der Waals surface area contributed by atoms with Crippen LogP contribution in [-0.2, 0) is 4.79 Å². The average Bonchev–Trinajstić information content (AvgIpc) is 2.78. The van der Waals surface area contributed by atoms with E-state index in [2.05, 4.69) is 10.6 Å². The van der Waals surface area contributed by atoms with Gasteiger partial charge in [0, 0.05) is 19.1 Å². The highest BCUT2D eigenvalue weighted by Gasteiger charge is 2.25. The maximum absolute atomic E-state index is 11.7. The molecule has 0 bridgehead atoms. The van der Waals surface area contributed by atoms with Crippen LogP contribution in [0.4, 0.5) is 0 Å². The van der Waals surface area contributed by atoms with Gasteiger partial charge in [-0.15, -0.1) is 0 Å². The highest BCUT2D eigenvalue weighted by atomic mass is 16.3. The van der Waals surface area contributed by atoms with Crippen LogP contribution in [0, 0.1) is 0 Å². The number of carbonyl (C=O) groups is 2. The van der Waals surface area contributed by atoms with Crippen LogP contribution in [0.15, 0.2) is 22.8 Å². The summed E-state index contributed by atoms with van der Waals surface area (Å²) in [6, 6.07) is 3.52. The molecule has 0 radical (unpaired) electrons. The molecule has 2 N–H and O–H groups in total. The van der Waals surface area contributed by atoms with Crippen molar-refractivity contribution < 1.29 is 14.0 Å². The van der Waals surface area contributed by atoms with Crippen molar-refractivity contribution in [3.8, 4) is 0 Å². The first-order valence-corrected chi connectivity index (χ1v) is 6.03. The molecule has 0 aliphatic carbocycles. The predicted molar refractivity (Wildman–Crippen MR) is 65.1 cm³/mol. The number of nitrogens with zero attached hydrogens (tertiary/aromatic N) is 1. The molecule has 98 valence electrons. The van der Waals surface area contributed by atoms with E-state index in [9.17, 15) is 9.59 Å². The van der Waals surface area contributed by atoms with Gasteiger partial charge >= 0.3 is 0 Å². The van der Waals surface area contributed by atoms with Gasteiger partial charge in [0.2, 0.25) is 5.91 Å². The number of carbonyl (C=O) groups excluding carboxylic acids is 2. The van der Waals surface area contributed by atoms with Crippen molar-refractivity contribution >= 4 is 11.8 Å². The lowest BCUT2D eigenvalue weighted by Crippen LogP contribution is -2.59. The maximum atomic E-state index is 11.7. The summed E-state index contributed by atoms with van der Waals surface area (Å²) >= 11 is 0. The summed E-state index contributed by atoms with van der Waals surface area (Å²) in [6.45, 7) is 4.81. The third-order valence-corrected chi connectivity index (χ3v) is 3.03. The first-order valence-electron chi connectivity index (χ1n) is 6.03. The van der Waals surface area contributed by atoms with Crippen LogP contribution in [0.2, 0.25) is 0 Å². The zero-order chi connectivity index (χ0) is 13.0. The van der Waals surface area contributed by atoms with Crippen LogP contribution in [0.25, 0.3) is 0 Å². The van der Waals surface area contributed by atoms with Crippen molar-refractivity contribution in [2.75, 3.05) is 26.2 Å². The minimum atomic E-state index is -0.493. The molecule has 1 aromatic rings. The summed E-state index contributed by atoms with van der Waals surface area (Å²) in [4.78, 5) is 25.4. The minimum Gasteiger partial charge on any atom is -0.459 e. The quantitative estimate of drug-likeness (QED) is 0.760. The van der Waals surface area contributed by atoms with Gasteiger partial charge in [0.15, 0.2) is 5.76 Å². The van der Waals surface area contributed by atoms with Crippen LogP contribution in [0.5, 0.6) is 0 Å². The van der Waals surface area contributed by atoms with Gasteiger partial charge in [-0.2, -0.15) is 0 Å². The van der Waals surface area contributed by atoms with E-state index in [1.165, 1.54) is 12.3 Å². The number of likely N-dealkylation sites (N-methyl/N-ethyl adjacent to an activating group) is 1. The van der Waals surface area contributed by atoms with Crippen molar-refractivity contribution in [2.24, 2.45) is 0 Å². The number of furan rings is 1. The standard InChI is InChI=1S/C12H17N3O3/c1-2-15(9-6-13-7-9)8-11(16)14-12(17)10-4-3-5-18-10/h3-5,9,13H,2,6-8H2,1H3,(H,14,16,17). The number of amides is 2. The molecule has 0 atom stereocenters. The summed E-state index contributed by atoms with van der Waals surface area (Å²) in [5.74, 6) is -0.644. The number of nitrogens with one attached hydrogen (secondary N) is 2. The highest BCUT2D eigenvalue weighted by Crippen LogP contribution is 2.04. The molecular weight excluding hydrogens is 234 g/mol. The van der Waals surface area contributed by atoms with Crippen molar-refractivity contribution in [3.63, 3.8) is 0 Å². The largest absolute Gasteiger partial charge is 0.459 e. The summed E-state index contributed by atoms with van der Waals surface area (Å²) < 4.78 is 4.92. The van der Waals surface area contributed by atoms with Crippen LogP contribution in [-0.4, -0.2) is 48.9 Å². The molecule has 1 aliphatic rings. The van der Waals surface area contributed by atoms with Crippen LogP contribution in [0.1, 0.15) is 17.5 Å². The summed E-state index contributed by atoms with van der Waals surface area (Å²) in [5.41, 5.74) is 0. The Kier molecular flexibility index (Phi) is 4.11. The molecule has 0 unspecified atom stereocenters. The Labute approximate surface area is 105 Å². The zero-order valence-electron chi connectivity index (χ0n) is 10.3. The molecule has 1 aromatic heterocycles. The van der Waals surface area contributed by atoms with Gasteiger partial charge in [-0.05, 0) is 18.7 Å². The number of rotatable bonds is 5. The minimum absolute atomic E-state index is 0.150. The normalized spacial score (nSPS) is 15.4. The number of hydrogen-bond acceptors (Lipinski definition) is 5. The fourth-order valence-electron chi connectivity index (χ4n) is 1.85. The second-order valence-corrected chi connectivity index (χ2v) is 4.23. The van der Waals surface area contributed by atoms with Crippen molar-refractivity contribution in [2.45, 2.75) is 13.0 Å². The summed E-state index contributed by atoms with van der Waals surface area (Å²) in [6.07, 6.45) is 1.40.